The summed E-state index contributed by atoms with van der Waals surface area (Å²) in [6, 6.07) is 6.47. The third kappa shape index (κ3) is 3.34. The van der Waals surface area contributed by atoms with Gasteiger partial charge in [-0.3, -0.25) is 4.79 Å². The highest BCUT2D eigenvalue weighted by atomic mass is 35.5. The van der Waals surface area contributed by atoms with Gasteiger partial charge in [0.1, 0.15) is 10.1 Å². The summed E-state index contributed by atoms with van der Waals surface area (Å²) in [5.74, 6) is 0.200. The number of carbonyl (C=O) groups is 1. The van der Waals surface area contributed by atoms with Gasteiger partial charge in [-0.1, -0.05) is 34.8 Å². The number of ether oxygens (including phenoxy) is 1. The highest BCUT2D eigenvalue weighted by Gasteiger charge is 2.14. The van der Waals surface area contributed by atoms with Gasteiger partial charge < -0.3 is 10.1 Å². The van der Waals surface area contributed by atoms with E-state index in [1.807, 2.05) is 0 Å². The molecule has 0 spiro atoms. The Morgan fingerprint density at radius 1 is 1.26 bits per heavy atom. The van der Waals surface area contributed by atoms with Gasteiger partial charge in [-0.25, -0.2) is 0 Å². The molecule has 1 amide bonds. The van der Waals surface area contributed by atoms with Crippen molar-refractivity contribution in [2.45, 2.75) is 0 Å². The van der Waals surface area contributed by atoms with E-state index < -0.39 is 0 Å². The number of halogens is 3. The van der Waals surface area contributed by atoms with Gasteiger partial charge in [0.15, 0.2) is 0 Å². The molecule has 1 aromatic heterocycles. The minimum Gasteiger partial charge on any atom is -0.495 e. The van der Waals surface area contributed by atoms with Gasteiger partial charge in [0.2, 0.25) is 0 Å². The summed E-state index contributed by atoms with van der Waals surface area (Å²) in [5, 5.41) is 3.10. The molecule has 1 heterocycles. The van der Waals surface area contributed by atoms with Gasteiger partial charge in [-0.05, 0) is 24.3 Å². The molecule has 100 valence electrons. The summed E-state index contributed by atoms with van der Waals surface area (Å²) in [7, 11) is 1.52. The van der Waals surface area contributed by atoms with Crippen molar-refractivity contribution >= 4 is 57.7 Å². The van der Waals surface area contributed by atoms with Crippen molar-refractivity contribution in [3.8, 4) is 5.75 Å². The van der Waals surface area contributed by atoms with Gasteiger partial charge in [-0.2, -0.15) is 0 Å². The molecule has 0 aliphatic rings. The Morgan fingerprint density at radius 2 is 2.00 bits per heavy atom. The highest BCUT2D eigenvalue weighted by Crippen LogP contribution is 2.32. The number of methoxy groups -OCH3 is 1. The maximum Gasteiger partial charge on any atom is 0.258 e. The number of nitrogens with one attached hydrogen (secondary N) is 1. The van der Waals surface area contributed by atoms with E-state index in [9.17, 15) is 4.79 Å². The van der Waals surface area contributed by atoms with Crippen LogP contribution in [-0.4, -0.2) is 13.0 Å². The van der Waals surface area contributed by atoms with Crippen LogP contribution in [0.15, 0.2) is 24.3 Å². The Kier molecular flexibility index (Phi) is 4.58. The van der Waals surface area contributed by atoms with E-state index >= 15 is 0 Å². The van der Waals surface area contributed by atoms with Crippen LogP contribution >= 0.6 is 46.1 Å². The van der Waals surface area contributed by atoms with Gasteiger partial charge in [0, 0.05) is 5.69 Å². The molecular formula is C12H8Cl3NO2S. The minimum absolute atomic E-state index is 0.337. The van der Waals surface area contributed by atoms with Crippen LogP contribution in [0.1, 0.15) is 10.4 Å². The van der Waals surface area contributed by atoms with Gasteiger partial charge >= 0.3 is 0 Å². The average Bonchev–Trinajstić information content (AvgIpc) is 2.69. The topological polar surface area (TPSA) is 38.3 Å². The first-order valence-corrected chi connectivity index (χ1v) is 7.06. The lowest BCUT2D eigenvalue weighted by Crippen LogP contribution is -2.11. The molecule has 0 bridgehead atoms. The van der Waals surface area contributed by atoms with Crippen LogP contribution in [-0.2, 0) is 0 Å². The number of anilines is 1. The Balaban J connectivity index is 2.19. The molecule has 19 heavy (non-hydrogen) atoms. The molecule has 0 saturated carbocycles. The lowest BCUT2D eigenvalue weighted by atomic mass is 10.2. The summed E-state index contributed by atoms with van der Waals surface area (Å²) >= 11 is 18.8. The standard InChI is InChI=1S/C12H8Cl3NO2S/c1-18-9-3-2-6(4-8(9)13)16-12(17)7-5-10(14)19-11(7)15/h2-5H,1H3,(H,16,17). The molecule has 0 fully saturated rings. The lowest BCUT2D eigenvalue weighted by Gasteiger charge is -2.07. The summed E-state index contributed by atoms with van der Waals surface area (Å²) < 4.78 is 5.84. The fraction of sp³-hybridized carbons (Fsp3) is 0.0833. The molecule has 1 aromatic carbocycles. The zero-order chi connectivity index (χ0) is 14.0. The van der Waals surface area contributed by atoms with E-state index in [-0.39, 0.29) is 5.91 Å². The average molecular weight is 337 g/mol. The van der Waals surface area contributed by atoms with Crippen LogP contribution in [0, 0.1) is 0 Å². The second-order valence-corrected chi connectivity index (χ2v) is 6.23. The first-order chi connectivity index (χ1) is 9.01. The summed E-state index contributed by atoms with van der Waals surface area (Å²) in [4.78, 5) is 12.0. The summed E-state index contributed by atoms with van der Waals surface area (Å²) in [6.07, 6.45) is 0. The minimum atomic E-state index is -0.339. The number of hydrogen-bond donors (Lipinski definition) is 1. The first kappa shape index (κ1) is 14.5. The van der Waals surface area contributed by atoms with E-state index in [1.165, 1.54) is 13.2 Å². The molecule has 3 nitrogen and oxygen atoms in total. The molecule has 2 aromatic rings. The van der Waals surface area contributed by atoms with Crippen molar-refractivity contribution in [3.63, 3.8) is 0 Å². The number of carbonyl (C=O) groups excluding carboxylic acids is 1. The predicted molar refractivity (Wildman–Crippen MR) is 80.3 cm³/mol. The molecule has 0 radical (unpaired) electrons. The van der Waals surface area contributed by atoms with Gasteiger partial charge in [0.05, 0.1) is 22.0 Å². The Morgan fingerprint density at radius 3 is 2.53 bits per heavy atom. The molecule has 0 atom stereocenters. The molecule has 0 saturated heterocycles. The highest BCUT2D eigenvalue weighted by molar-refractivity contribution is 7.20. The zero-order valence-corrected chi connectivity index (χ0v) is 12.8. The number of thiophene rings is 1. The van der Waals surface area contributed by atoms with Crippen molar-refractivity contribution in [1.29, 1.82) is 0 Å². The van der Waals surface area contributed by atoms with E-state index in [4.69, 9.17) is 39.5 Å². The molecule has 2 rings (SSSR count). The SMILES string of the molecule is COc1ccc(NC(=O)c2cc(Cl)sc2Cl)cc1Cl. The Hall–Kier alpha value is -0.940. The fourth-order valence-corrected chi connectivity index (χ4v) is 3.15. The van der Waals surface area contributed by atoms with Crippen molar-refractivity contribution in [2.24, 2.45) is 0 Å². The first-order valence-electron chi connectivity index (χ1n) is 5.11. The van der Waals surface area contributed by atoms with E-state index in [0.29, 0.717) is 30.7 Å². The maximum absolute atomic E-state index is 12.0. The van der Waals surface area contributed by atoms with Crippen molar-refractivity contribution in [1.82, 2.24) is 0 Å². The molecule has 0 aliphatic heterocycles. The van der Waals surface area contributed by atoms with Crippen molar-refractivity contribution in [3.05, 3.63) is 43.5 Å². The number of amides is 1. The summed E-state index contributed by atoms with van der Waals surface area (Å²) in [6.45, 7) is 0. The smallest absolute Gasteiger partial charge is 0.258 e. The normalized spacial score (nSPS) is 10.3. The monoisotopic (exact) mass is 335 g/mol. The zero-order valence-electron chi connectivity index (χ0n) is 9.67. The second-order valence-electron chi connectivity index (χ2n) is 3.54. The van der Waals surface area contributed by atoms with Crippen LogP contribution in [0.4, 0.5) is 5.69 Å². The second kappa shape index (κ2) is 6.01. The number of rotatable bonds is 3. The Labute approximate surface area is 129 Å². The van der Waals surface area contributed by atoms with Crippen LogP contribution < -0.4 is 10.1 Å². The molecule has 7 heteroatoms. The largest absolute Gasteiger partial charge is 0.495 e. The van der Waals surface area contributed by atoms with Gasteiger partial charge in [-0.15, -0.1) is 11.3 Å². The van der Waals surface area contributed by atoms with Crippen LogP contribution in [0.3, 0.4) is 0 Å². The van der Waals surface area contributed by atoms with Crippen LogP contribution in [0.25, 0.3) is 0 Å². The quantitative estimate of drug-likeness (QED) is 0.859. The van der Waals surface area contributed by atoms with Crippen molar-refractivity contribution < 1.29 is 9.53 Å². The van der Waals surface area contributed by atoms with Crippen LogP contribution in [0.2, 0.25) is 13.7 Å². The van der Waals surface area contributed by atoms with E-state index in [0.717, 1.165) is 11.3 Å². The molecular weight excluding hydrogens is 329 g/mol. The lowest BCUT2D eigenvalue weighted by molar-refractivity contribution is 0.102. The fourth-order valence-electron chi connectivity index (χ4n) is 1.44. The van der Waals surface area contributed by atoms with Gasteiger partial charge in [0.25, 0.3) is 5.91 Å². The molecule has 0 aliphatic carbocycles. The number of hydrogen-bond acceptors (Lipinski definition) is 3. The summed E-state index contributed by atoms with van der Waals surface area (Å²) in [5.41, 5.74) is 0.887. The molecule has 1 N–H and O–H groups in total. The maximum atomic E-state index is 12.0. The van der Waals surface area contributed by atoms with E-state index in [1.54, 1.807) is 18.2 Å². The van der Waals surface area contributed by atoms with E-state index in [2.05, 4.69) is 5.32 Å². The molecule has 0 unspecified atom stereocenters. The van der Waals surface area contributed by atoms with Crippen LogP contribution in [0.5, 0.6) is 5.75 Å². The van der Waals surface area contributed by atoms with Crippen molar-refractivity contribution in [2.75, 3.05) is 12.4 Å². The Bertz CT molecular complexity index is 627. The predicted octanol–water partition coefficient (Wildman–Crippen LogP) is 4.97. The third-order valence-corrected chi connectivity index (χ3v) is 4.09. The number of benzene rings is 1. The third-order valence-electron chi connectivity index (χ3n) is 2.31.